The maximum atomic E-state index is 11.3. The highest BCUT2D eigenvalue weighted by molar-refractivity contribution is 5.94. The molecule has 5 nitrogen and oxygen atoms in total. The molecule has 0 bridgehead atoms. The van der Waals surface area contributed by atoms with Crippen molar-refractivity contribution in [2.45, 2.75) is 13.0 Å². The molecular weight excluding hydrogens is 232 g/mol. The average Bonchev–Trinajstić information content (AvgIpc) is 2.36. The molecule has 0 aliphatic heterocycles. The van der Waals surface area contributed by atoms with Gasteiger partial charge in [-0.15, -0.1) is 0 Å². The largest absolute Gasteiger partial charge is 0.478 e. The van der Waals surface area contributed by atoms with Gasteiger partial charge in [-0.1, -0.05) is 12.1 Å². The van der Waals surface area contributed by atoms with Gasteiger partial charge in [-0.25, -0.2) is 4.79 Å². The lowest BCUT2D eigenvalue weighted by Gasteiger charge is -2.12. The summed E-state index contributed by atoms with van der Waals surface area (Å²) in [5, 5.41) is 19.6. The van der Waals surface area contributed by atoms with Crippen LogP contribution in [-0.2, 0) is 9.59 Å². The van der Waals surface area contributed by atoms with Gasteiger partial charge in [0.2, 0.25) is 5.91 Å². The number of hydrogen-bond acceptors (Lipinski definition) is 3. The van der Waals surface area contributed by atoms with Gasteiger partial charge in [0.05, 0.1) is 17.7 Å². The zero-order valence-corrected chi connectivity index (χ0v) is 9.75. The number of nitrogens with one attached hydrogen (secondary N) is 1. The van der Waals surface area contributed by atoms with Crippen LogP contribution in [0, 0.1) is 11.3 Å². The molecule has 1 unspecified atom stereocenters. The second-order valence-electron chi connectivity index (χ2n) is 3.64. The van der Waals surface area contributed by atoms with Crippen molar-refractivity contribution in [3.05, 3.63) is 47.5 Å². The number of aliphatic carboxylic acids is 1. The molecule has 0 radical (unpaired) electrons. The molecule has 0 aliphatic rings. The third-order valence-corrected chi connectivity index (χ3v) is 2.28. The lowest BCUT2D eigenvalue weighted by molar-refractivity contribution is -0.131. The molecule has 0 spiro atoms. The molecule has 1 aromatic carbocycles. The molecular formula is C13H12N2O3. The van der Waals surface area contributed by atoms with Crippen molar-refractivity contribution < 1.29 is 14.7 Å². The van der Waals surface area contributed by atoms with Crippen molar-refractivity contribution in [1.82, 2.24) is 5.32 Å². The monoisotopic (exact) mass is 244 g/mol. The summed E-state index contributed by atoms with van der Waals surface area (Å²) in [7, 11) is 0. The smallest absolute Gasteiger partial charge is 0.328 e. The Morgan fingerprint density at radius 3 is 2.44 bits per heavy atom. The third-order valence-electron chi connectivity index (χ3n) is 2.28. The second-order valence-corrected chi connectivity index (χ2v) is 3.64. The molecule has 92 valence electrons. The Morgan fingerprint density at radius 2 is 1.94 bits per heavy atom. The Morgan fingerprint density at radius 1 is 1.33 bits per heavy atom. The van der Waals surface area contributed by atoms with Crippen molar-refractivity contribution >= 4 is 11.9 Å². The van der Waals surface area contributed by atoms with E-state index in [-0.39, 0.29) is 6.04 Å². The van der Waals surface area contributed by atoms with E-state index < -0.39 is 11.9 Å². The predicted molar refractivity (Wildman–Crippen MR) is 64.5 cm³/mol. The highest BCUT2D eigenvalue weighted by Gasteiger charge is 2.07. The van der Waals surface area contributed by atoms with Gasteiger partial charge in [0.15, 0.2) is 0 Å². The number of amides is 1. The number of nitrogens with zero attached hydrogens (tertiary/aromatic N) is 1. The molecule has 0 saturated carbocycles. The van der Waals surface area contributed by atoms with E-state index in [4.69, 9.17) is 10.4 Å². The van der Waals surface area contributed by atoms with Crippen LogP contribution < -0.4 is 5.32 Å². The highest BCUT2D eigenvalue weighted by atomic mass is 16.4. The Kier molecular flexibility index (Phi) is 4.64. The first-order chi connectivity index (χ1) is 8.52. The minimum absolute atomic E-state index is 0.260. The number of carboxylic acid groups (broad SMARTS) is 1. The Hall–Kier alpha value is -2.61. The molecule has 1 aromatic rings. The predicted octanol–water partition coefficient (Wildman–Crippen LogP) is 1.38. The maximum absolute atomic E-state index is 11.3. The Labute approximate surface area is 104 Å². The van der Waals surface area contributed by atoms with Crippen LogP contribution in [0.3, 0.4) is 0 Å². The van der Waals surface area contributed by atoms with Crippen molar-refractivity contribution in [3.8, 4) is 6.07 Å². The van der Waals surface area contributed by atoms with Gasteiger partial charge in [-0.2, -0.15) is 5.26 Å². The van der Waals surface area contributed by atoms with E-state index in [2.05, 4.69) is 5.32 Å². The lowest BCUT2D eigenvalue weighted by Crippen LogP contribution is -2.24. The van der Waals surface area contributed by atoms with Gasteiger partial charge in [0.1, 0.15) is 0 Å². The summed E-state index contributed by atoms with van der Waals surface area (Å²) in [4.78, 5) is 21.6. The fourth-order valence-electron chi connectivity index (χ4n) is 1.34. The van der Waals surface area contributed by atoms with Gasteiger partial charge in [0, 0.05) is 12.2 Å². The minimum atomic E-state index is -1.17. The van der Waals surface area contributed by atoms with E-state index in [1.807, 2.05) is 6.07 Å². The van der Waals surface area contributed by atoms with Crippen LogP contribution in [0.5, 0.6) is 0 Å². The zero-order chi connectivity index (χ0) is 13.5. The first-order valence-corrected chi connectivity index (χ1v) is 5.24. The molecule has 0 saturated heterocycles. The number of hydrogen-bond donors (Lipinski definition) is 2. The number of carbonyl (C=O) groups is 2. The van der Waals surface area contributed by atoms with Gasteiger partial charge < -0.3 is 10.4 Å². The van der Waals surface area contributed by atoms with Crippen LogP contribution in [0.15, 0.2) is 36.4 Å². The molecule has 18 heavy (non-hydrogen) atoms. The van der Waals surface area contributed by atoms with E-state index in [1.54, 1.807) is 31.2 Å². The minimum Gasteiger partial charge on any atom is -0.478 e. The summed E-state index contributed by atoms with van der Waals surface area (Å²) in [5.74, 6) is -1.65. The summed E-state index contributed by atoms with van der Waals surface area (Å²) in [6, 6.07) is 8.54. The van der Waals surface area contributed by atoms with Crippen LogP contribution in [0.25, 0.3) is 0 Å². The standard InChI is InChI=1S/C13H12N2O3/c1-9(15-12(16)6-7-13(17)18)11-4-2-10(8-14)3-5-11/h2-7,9H,1H3,(H,15,16)(H,17,18). The van der Waals surface area contributed by atoms with Crippen LogP contribution in [0.1, 0.15) is 24.1 Å². The normalized spacial score (nSPS) is 11.8. The zero-order valence-electron chi connectivity index (χ0n) is 9.75. The number of carbonyl (C=O) groups excluding carboxylic acids is 1. The van der Waals surface area contributed by atoms with E-state index in [9.17, 15) is 9.59 Å². The third kappa shape index (κ3) is 4.10. The fourth-order valence-corrected chi connectivity index (χ4v) is 1.34. The molecule has 1 amide bonds. The van der Waals surface area contributed by atoms with Crippen LogP contribution in [0.4, 0.5) is 0 Å². The molecule has 1 rings (SSSR count). The second kappa shape index (κ2) is 6.21. The molecule has 0 fully saturated rings. The lowest BCUT2D eigenvalue weighted by atomic mass is 10.1. The van der Waals surface area contributed by atoms with Gasteiger partial charge in [-0.05, 0) is 24.6 Å². The molecule has 5 heteroatoms. The van der Waals surface area contributed by atoms with E-state index in [1.165, 1.54) is 0 Å². The van der Waals surface area contributed by atoms with Crippen molar-refractivity contribution in [1.29, 1.82) is 5.26 Å². The van der Waals surface area contributed by atoms with Gasteiger partial charge in [0.25, 0.3) is 0 Å². The summed E-state index contributed by atoms with van der Waals surface area (Å²) in [5.41, 5.74) is 1.38. The average molecular weight is 244 g/mol. The first kappa shape index (κ1) is 13.5. The SMILES string of the molecule is CC(NC(=O)C=CC(=O)O)c1ccc(C#N)cc1. The molecule has 0 aliphatic carbocycles. The Bertz CT molecular complexity index is 512. The topological polar surface area (TPSA) is 90.2 Å². The van der Waals surface area contributed by atoms with Crippen molar-refractivity contribution in [2.75, 3.05) is 0 Å². The van der Waals surface area contributed by atoms with E-state index in [0.29, 0.717) is 5.56 Å². The van der Waals surface area contributed by atoms with Gasteiger partial charge in [-0.3, -0.25) is 4.79 Å². The van der Waals surface area contributed by atoms with Crippen LogP contribution in [0.2, 0.25) is 0 Å². The summed E-state index contributed by atoms with van der Waals surface area (Å²) in [6.45, 7) is 1.77. The molecule has 0 aromatic heterocycles. The molecule has 2 N–H and O–H groups in total. The summed E-state index contributed by atoms with van der Waals surface area (Å²) >= 11 is 0. The number of rotatable bonds is 4. The van der Waals surface area contributed by atoms with E-state index in [0.717, 1.165) is 17.7 Å². The summed E-state index contributed by atoms with van der Waals surface area (Å²) in [6.07, 6.45) is 1.74. The first-order valence-electron chi connectivity index (χ1n) is 5.24. The van der Waals surface area contributed by atoms with Crippen LogP contribution in [-0.4, -0.2) is 17.0 Å². The fraction of sp³-hybridized carbons (Fsp3) is 0.154. The number of carboxylic acids is 1. The van der Waals surface area contributed by atoms with Crippen LogP contribution >= 0.6 is 0 Å². The van der Waals surface area contributed by atoms with Crippen molar-refractivity contribution in [3.63, 3.8) is 0 Å². The van der Waals surface area contributed by atoms with Gasteiger partial charge >= 0.3 is 5.97 Å². The van der Waals surface area contributed by atoms with Crippen molar-refractivity contribution in [2.24, 2.45) is 0 Å². The quantitative estimate of drug-likeness (QED) is 0.783. The van der Waals surface area contributed by atoms with E-state index >= 15 is 0 Å². The molecule has 0 heterocycles. The summed E-state index contributed by atoms with van der Waals surface area (Å²) < 4.78 is 0. The Balaban J connectivity index is 2.65. The number of nitriles is 1. The maximum Gasteiger partial charge on any atom is 0.328 e. The number of benzene rings is 1. The molecule has 1 atom stereocenters. The highest BCUT2D eigenvalue weighted by Crippen LogP contribution is 2.12.